The second kappa shape index (κ2) is 13.1. The van der Waals surface area contributed by atoms with Gasteiger partial charge in [0.1, 0.15) is 23.0 Å². The van der Waals surface area contributed by atoms with Crippen molar-refractivity contribution in [1.82, 2.24) is 0 Å². The van der Waals surface area contributed by atoms with Gasteiger partial charge in [-0.05, 0) is 46.2 Å². The maximum absolute atomic E-state index is 7.44. The highest BCUT2D eigenvalue weighted by atomic mass is 16.7. The van der Waals surface area contributed by atoms with Crippen LogP contribution in [0.2, 0.25) is 0 Å². The summed E-state index contributed by atoms with van der Waals surface area (Å²) in [6.45, 7) is 0. The maximum atomic E-state index is 7.44. The summed E-state index contributed by atoms with van der Waals surface area (Å²) in [6, 6.07) is 59.1. The molecule has 4 heteroatoms. The van der Waals surface area contributed by atoms with Crippen molar-refractivity contribution in [1.29, 1.82) is 0 Å². The molecule has 7 aromatic carbocycles. The van der Waals surface area contributed by atoms with Gasteiger partial charge in [0, 0.05) is 39.7 Å². The molecule has 2 heterocycles. The van der Waals surface area contributed by atoms with Crippen LogP contribution in [0.3, 0.4) is 0 Å². The quantitative estimate of drug-likeness (QED) is 0.168. The Morgan fingerprint density at radius 3 is 1.85 bits per heavy atom. The Morgan fingerprint density at radius 2 is 1.13 bits per heavy atom. The molecule has 4 unspecified atom stereocenters. The summed E-state index contributed by atoms with van der Waals surface area (Å²) in [7, 11) is 3.46. The van der Waals surface area contributed by atoms with E-state index in [1.165, 1.54) is 5.56 Å². The molecule has 4 nitrogen and oxygen atoms in total. The molecule has 7 aromatic rings. The van der Waals surface area contributed by atoms with Gasteiger partial charge in [0.05, 0.1) is 20.1 Å². The second-order valence-corrected chi connectivity index (χ2v) is 13.4. The fraction of sp³-hybridized carbons (Fsp3) is 0.125. The Balaban J connectivity index is 1.44. The van der Waals surface area contributed by atoms with Crippen LogP contribution in [-0.2, 0) is 5.79 Å². The van der Waals surface area contributed by atoms with Gasteiger partial charge in [0.25, 0.3) is 5.79 Å². The number of rotatable bonds is 7. The summed E-state index contributed by atoms with van der Waals surface area (Å²) in [6.07, 6.45) is 2.43. The Morgan fingerprint density at radius 1 is 0.558 bits per heavy atom. The first-order valence-corrected chi connectivity index (χ1v) is 17.8. The number of methoxy groups -OCH3 is 2. The van der Waals surface area contributed by atoms with Gasteiger partial charge in [-0.1, -0.05) is 152 Å². The Kier molecular flexibility index (Phi) is 8.01. The summed E-state index contributed by atoms with van der Waals surface area (Å²) < 4.78 is 26.9. The van der Waals surface area contributed by atoms with Crippen molar-refractivity contribution >= 4 is 16.3 Å². The lowest BCUT2D eigenvalue weighted by Crippen LogP contribution is -2.55. The number of hydrogen-bond donors (Lipinski definition) is 0. The summed E-state index contributed by atoms with van der Waals surface area (Å²) in [5, 5.41) is 2.30. The first-order valence-electron chi connectivity index (χ1n) is 17.8. The largest absolute Gasteiger partial charge is 0.496 e. The number of fused-ring (bicyclic) bond motifs is 5. The molecule has 0 fully saturated rings. The van der Waals surface area contributed by atoms with Crippen LogP contribution in [0.5, 0.6) is 23.0 Å². The van der Waals surface area contributed by atoms with Crippen LogP contribution in [-0.4, -0.2) is 14.2 Å². The third-order valence-electron chi connectivity index (χ3n) is 10.7. The van der Waals surface area contributed by atoms with E-state index in [4.69, 9.17) is 18.9 Å². The highest BCUT2D eigenvalue weighted by molar-refractivity contribution is 5.91. The molecule has 0 saturated heterocycles. The van der Waals surface area contributed by atoms with Crippen LogP contribution < -0.4 is 18.9 Å². The summed E-state index contributed by atoms with van der Waals surface area (Å²) >= 11 is 0. The predicted molar refractivity (Wildman–Crippen MR) is 207 cm³/mol. The van der Waals surface area contributed by atoms with Gasteiger partial charge in [-0.25, -0.2) is 0 Å². The third kappa shape index (κ3) is 5.13. The minimum Gasteiger partial charge on any atom is -0.496 e. The van der Waals surface area contributed by atoms with Crippen molar-refractivity contribution in [3.63, 3.8) is 0 Å². The van der Waals surface area contributed by atoms with E-state index in [1.807, 2.05) is 36.4 Å². The molecular weight excluding hydrogens is 641 g/mol. The van der Waals surface area contributed by atoms with Crippen LogP contribution in [0.1, 0.15) is 45.2 Å². The molecule has 4 atom stereocenters. The zero-order chi connectivity index (χ0) is 35.1. The highest BCUT2D eigenvalue weighted by Crippen LogP contribution is 2.62. The van der Waals surface area contributed by atoms with E-state index in [1.54, 1.807) is 14.2 Å². The molecule has 0 N–H and O–H groups in total. The molecule has 0 aromatic heterocycles. The van der Waals surface area contributed by atoms with Crippen LogP contribution >= 0.6 is 0 Å². The third-order valence-corrected chi connectivity index (χ3v) is 10.7. The Bertz CT molecular complexity index is 2370. The van der Waals surface area contributed by atoms with Gasteiger partial charge in [-0.15, -0.1) is 0 Å². The SMILES string of the molecule is COc1ccccc1C(=CC1c2c(ccc3ccccc23)OC2(c3ccccc3)Oc3ccccc3C(c3ccccc3)C12)c1ccccc1OC. The van der Waals surface area contributed by atoms with Gasteiger partial charge >= 0.3 is 0 Å². The molecule has 0 saturated carbocycles. The number of ether oxygens (including phenoxy) is 4. The minimum atomic E-state index is -1.18. The van der Waals surface area contributed by atoms with Crippen molar-refractivity contribution < 1.29 is 18.9 Å². The fourth-order valence-corrected chi connectivity index (χ4v) is 8.51. The van der Waals surface area contributed by atoms with E-state index in [0.717, 1.165) is 67.2 Å². The fourth-order valence-electron chi connectivity index (χ4n) is 8.51. The normalized spacial score (nSPS) is 19.9. The van der Waals surface area contributed by atoms with E-state index in [2.05, 4.69) is 140 Å². The van der Waals surface area contributed by atoms with E-state index < -0.39 is 5.79 Å². The molecule has 52 heavy (non-hydrogen) atoms. The lowest BCUT2D eigenvalue weighted by Gasteiger charge is -2.53. The standard InChI is InChI=1S/C48H38O4/c1-49-41-26-14-11-23-36(41)39(37-24-12-15-27-42(37)50-2)31-40-46-35-22-10-9-17-32(35)29-30-44(46)52-48(34-20-7-4-8-21-34)47(40)45(33-18-5-3-6-19-33)38-25-13-16-28-43(38)51-48/h3-31,40,45,47H,1-2H3. The van der Waals surface area contributed by atoms with Crippen molar-refractivity contribution in [2.45, 2.75) is 17.6 Å². The monoisotopic (exact) mass is 678 g/mol. The second-order valence-electron chi connectivity index (χ2n) is 13.4. The average Bonchev–Trinajstić information content (AvgIpc) is 3.22. The van der Waals surface area contributed by atoms with Crippen molar-refractivity contribution in [2.24, 2.45) is 5.92 Å². The minimum absolute atomic E-state index is 0.101. The molecular formula is C48H38O4. The van der Waals surface area contributed by atoms with Crippen molar-refractivity contribution in [3.8, 4) is 23.0 Å². The van der Waals surface area contributed by atoms with Gasteiger partial charge in [0.2, 0.25) is 0 Å². The lowest BCUT2D eigenvalue weighted by atomic mass is 9.62. The molecule has 0 spiro atoms. The van der Waals surface area contributed by atoms with Gasteiger partial charge in [-0.3, -0.25) is 0 Å². The number of para-hydroxylation sites is 3. The Labute approximate surface area is 304 Å². The van der Waals surface area contributed by atoms with E-state index in [-0.39, 0.29) is 17.8 Å². The first-order chi connectivity index (χ1) is 25.7. The van der Waals surface area contributed by atoms with E-state index >= 15 is 0 Å². The predicted octanol–water partition coefficient (Wildman–Crippen LogP) is 11.2. The smallest absolute Gasteiger partial charge is 0.282 e. The molecule has 2 aliphatic heterocycles. The number of hydrogen-bond acceptors (Lipinski definition) is 4. The molecule has 0 bridgehead atoms. The van der Waals surface area contributed by atoms with Crippen LogP contribution in [0.15, 0.2) is 176 Å². The number of benzene rings is 7. The van der Waals surface area contributed by atoms with Gasteiger partial charge in [-0.2, -0.15) is 0 Å². The average molecular weight is 679 g/mol. The summed E-state index contributed by atoms with van der Waals surface area (Å²) in [5.41, 5.74) is 7.37. The van der Waals surface area contributed by atoms with E-state index in [9.17, 15) is 0 Å². The van der Waals surface area contributed by atoms with E-state index in [0.29, 0.717) is 0 Å². The van der Waals surface area contributed by atoms with Crippen molar-refractivity contribution in [3.05, 3.63) is 209 Å². The molecule has 0 amide bonds. The zero-order valence-corrected chi connectivity index (χ0v) is 29.1. The topological polar surface area (TPSA) is 36.9 Å². The number of allylic oxidation sites excluding steroid dienone is 1. The van der Waals surface area contributed by atoms with Crippen LogP contribution in [0, 0.1) is 5.92 Å². The van der Waals surface area contributed by atoms with Crippen LogP contribution in [0.4, 0.5) is 0 Å². The molecule has 2 aliphatic rings. The molecule has 0 radical (unpaired) electrons. The highest BCUT2D eigenvalue weighted by Gasteiger charge is 2.60. The molecule has 254 valence electrons. The van der Waals surface area contributed by atoms with Gasteiger partial charge in [0.15, 0.2) is 0 Å². The first kappa shape index (κ1) is 31.7. The van der Waals surface area contributed by atoms with Gasteiger partial charge < -0.3 is 18.9 Å². The molecule has 9 rings (SSSR count). The molecule has 0 aliphatic carbocycles. The van der Waals surface area contributed by atoms with Crippen molar-refractivity contribution in [2.75, 3.05) is 14.2 Å². The zero-order valence-electron chi connectivity index (χ0n) is 29.1. The Hall–Kier alpha value is -6.26. The summed E-state index contributed by atoms with van der Waals surface area (Å²) in [5.74, 6) is 1.41. The maximum Gasteiger partial charge on any atom is 0.282 e. The lowest BCUT2D eigenvalue weighted by molar-refractivity contribution is -0.192. The summed E-state index contributed by atoms with van der Waals surface area (Å²) in [4.78, 5) is 0. The van der Waals surface area contributed by atoms with Crippen LogP contribution in [0.25, 0.3) is 16.3 Å².